The molecule has 0 saturated carbocycles. The molecule has 2 nitrogen and oxygen atoms in total. The number of nitrogens with two attached hydrogens (primary N) is 1. The van der Waals surface area contributed by atoms with Crippen LogP contribution in [-0.2, 0) is 0 Å². The molecule has 1 saturated heterocycles. The fourth-order valence-corrected chi connectivity index (χ4v) is 2.66. The van der Waals surface area contributed by atoms with E-state index in [1.165, 1.54) is 25.9 Å². The van der Waals surface area contributed by atoms with Gasteiger partial charge in [-0.2, -0.15) is 11.8 Å². The zero-order valence-electron chi connectivity index (χ0n) is 7.88. The maximum Gasteiger partial charge on any atom is 0.0173 e. The fraction of sp³-hybridized carbons (Fsp3) is 1.00. The quantitative estimate of drug-likeness (QED) is 0.696. The van der Waals surface area contributed by atoms with Gasteiger partial charge in [0.15, 0.2) is 0 Å². The summed E-state index contributed by atoms with van der Waals surface area (Å²) in [4.78, 5) is 0. The highest BCUT2D eigenvalue weighted by molar-refractivity contribution is 8.00. The molecule has 0 aromatic heterocycles. The van der Waals surface area contributed by atoms with Gasteiger partial charge in [0.25, 0.3) is 0 Å². The van der Waals surface area contributed by atoms with Crippen LogP contribution in [0.3, 0.4) is 0 Å². The Labute approximate surface area is 79.7 Å². The molecule has 2 unspecified atom stereocenters. The molecule has 3 heteroatoms. The van der Waals surface area contributed by atoms with Crippen LogP contribution in [0.4, 0.5) is 0 Å². The van der Waals surface area contributed by atoms with Crippen molar-refractivity contribution in [2.24, 2.45) is 5.73 Å². The number of piperidine rings is 1. The summed E-state index contributed by atoms with van der Waals surface area (Å²) in [6.45, 7) is 4.54. The summed E-state index contributed by atoms with van der Waals surface area (Å²) in [5, 5.41) is 4.23. The lowest BCUT2D eigenvalue weighted by Crippen LogP contribution is -2.33. The standard InChI is InChI=1S/C9H20N2S/c1-2-8(10)7-12-9-4-3-5-11-6-9/h8-9,11H,2-7,10H2,1H3. The Morgan fingerprint density at radius 2 is 2.50 bits per heavy atom. The lowest BCUT2D eigenvalue weighted by atomic mass is 10.2. The number of hydrogen-bond acceptors (Lipinski definition) is 3. The molecule has 0 amide bonds. The molecule has 1 heterocycles. The van der Waals surface area contributed by atoms with Gasteiger partial charge >= 0.3 is 0 Å². The van der Waals surface area contributed by atoms with Gasteiger partial charge in [-0.3, -0.25) is 0 Å². The minimum atomic E-state index is 0.400. The van der Waals surface area contributed by atoms with E-state index in [0.29, 0.717) is 6.04 Å². The summed E-state index contributed by atoms with van der Waals surface area (Å²) in [7, 11) is 0. The predicted molar refractivity (Wildman–Crippen MR) is 56.6 cm³/mol. The number of hydrogen-bond donors (Lipinski definition) is 2. The maximum absolute atomic E-state index is 5.85. The lowest BCUT2D eigenvalue weighted by Gasteiger charge is -2.23. The average molecular weight is 188 g/mol. The van der Waals surface area contributed by atoms with Crippen molar-refractivity contribution in [2.45, 2.75) is 37.5 Å². The maximum atomic E-state index is 5.85. The SMILES string of the molecule is CCC(N)CSC1CCCNC1. The molecule has 1 rings (SSSR count). The van der Waals surface area contributed by atoms with Crippen molar-refractivity contribution in [1.82, 2.24) is 5.32 Å². The van der Waals surface area contributed by atoms with Crippen LogP contribution in [0.15, 0.2) is 0 Å². The Balaban J connectivity index is 2.05. The van der Waals surface area contributed by atoms with Gasteiger partial charge in [-0.25, -0.2) is 0 Å². The normalized spacial score (nSPS) is 27.0. The van der Waals surface area contributed by atoms with Gasteiger partial charge in [-0.1, -0.05) is 6.92 Å². The molecule has 72 valence electrons. The first-order valence-electron chi connectivity index (χ1n) is 4.90. The Morgan fingerprint density at radius 3 is 3.08 bits per heavy atom. The third-order valence-corrected chi connectivity index (χ3v) is 3.82. The highest BCUT2D eigenvalue weighted by atomic mass is 32.2. The third-order valence-electron chi connectivity index (χ3n) is 2.32. The Kier molecular flexibility index (Phi) is 5.04. The molecular formula is C9H20N2S. The summed E-state index contributed by atoms with van der Waals surface area (Å²) in [5.74, 6) is 1.13. The summed E-state index contributed by atoms with van der Waals surface area (Å²) < 4.78 is 0. The summed E-state index contributed by atoms with van der Waals surface area (Å²) >= 11 is 2.04. The van der Waals surface area contributed by atoms with Gasteiger partial charge in [0.05, 0.1) is 0 Å². The highest BCUT2D eigenvalue weighted by Crippen LogP contribution is 2.19. The minimum Gasteiger partial charge on any atom is -0.327 e. The Hall–Kier alpha value is 0.270. The molecule has 3 N–H and O–H groups in total. The van der Waals surface area contributed by atoms with Crippen LogP contribution in [0.5, 0.6) is 0 Å². The molecule has 0 aliphatic carbocycles. The van der Waals surface area contributed by atoms with Crippen molar-refractivity contribution >= 4 is 11.8 Å². The van der Waals surface area contributed by atoms with Gasteiger partial charge < -0.3 is 11.1 Å². The second kappa shape index (κ2) is 5.84. The molecule has 0 aromatic carbocycles. The van der Waals surface area contributed by atoms with Crippen molar-refractivity contribution in [3.05, 3.63) is 0 Å². The first-order valence-corrected chi connectivity index (χ1v) is 5.95. The van der Waals surface area contributed by atoms with Gasteiger partial charge in [-0.15, -0.1) is 0 Å². The van der Waals surface area contributed by atoms with Crippen molar-refractivity contribution in [1.29, 1.82) is 0 Å². The Morgan fingerprint density at radius 1 is 1.67 bits per heavy atom. The average Bonchev–Trinajstić information content (AvgIpc) is 2.16. The van der Waals surface area contributed by atoms with E-state index in [4.69, 9.17) is 5.73 Å². The summed E-state index contributed by atoms with van der Waals surface area (Å²) in [6.07, 6.45) is 3.81. The molecule has 0 radical (unpaired) electrons. The monoisotopic (exact) mass is 188 g/mol. The lowest BCUT2D eigenvalue weighted by molar-refractivity contribution is 0.530. The zero-order valence-corrected chi connectivity index (χ0v) is 8.70. The Bertz CT molecular complexity index is 113. The third kappa shape index (κ3) is 3.78. The van der Waals surface area contributed by atoms with E-state index in [9.17, 15) is 0 Å². The van der Waals surface area contributed by atoms with E-state index in [1.54, 1.807) is 0 Å². The molecule has 1 aliphatic heterocycles. The van der Waals surface area contributed by atoms with Crippen LogP contribution >= 0.6 is 11.8 Å². The van der Waals surface area contributed by atoms with E-state index in [-0.39, 0.29) is 0 Å². The second-order valence-corrected chi connectivity index (χ2v) is 4.80. The molecule has 12 heavy (non-hydrogen) atoms. The second-order valence-electron chi connectivity index (χ2n) is 3.47. The predicted octanol–water partition coefficient (Wildman–Crippen LogP) is 1.21. The largest absolute Gasteiger partial charge is 0.327 e. The molecule has 2 atom stereocenters. The first-order chi connectivity index (χ1) is 5.83. The van der Waals surface area contributed by atoms with Crippen LogP contribution in [0.2, 0.25) is 0 Å². The van der Waals surface area contributed by atoms with Gasteiger partial charge in [0.2, 0.25) is 0 Å². The van der Waals surface area contributed by atoms with Crippen LogP contribution < -0.4 is 11.1 Å². The molecule has 0 aromatic rings. The highest BCUT2D eigenvalue weighted by Gasteiger charge is 2.13. The molecular weight excluding hydrogens is 168 g/mol. The minimum absolute atomic E-state index is 0.400. The van der Waals surface area contributed by atoms with Crippen molar-refractivity contribution in [3.63, 3.8) is 0 Å². The summed E-state index contributed by atoms with van der Waals surface area (Å²) in [5.41, 5.74) is 5.85. The zero-order chi connectivity index (χ0) is 8.81. The molecule has 1 aliphatic rings. The van der Waals surface area contributed by atoms with Crippen LogP contribution in [0, 0.1) is 0 Å². The number of thioether (sulfide) groups is 1. The van der Waals surface area contributed by atoms with Crippen LogP contribution in [-0.4, -0.2) is 30.1 Å². The van der Waals surface area contributed by atoms with Crippen molar-refractivity contribution in [3.8, 4) is 0 Å². The van der Waals surface area contributed by atoms with E-state index >= 15 is 0 Å². The van der Waals surface area contributed by atoms with Crippen LogP contribution in [0.25, 0.3) is 0 Å². The van der Waals surface area contributed by atoms with E-state index in [0.717, 1.165) is 17.4 Å². The molecule has 1 fully saturated rings. The molecule has 0 bridgehead atoms. The topological polar surface area (TPSA) is 38.0 Å². The van der Waals surface area contributed by atoms with Gasteiger partial charge in [0, 0.05) is 23.6 Å². The summed E-state index contributed by atoms with van der Waals surface area (Å²) in [6, 6.07) is 0.400. The van der Waals surface area contributed by atoms with E-state index in [1.807, 2.05) is 11.8 Å². The van der Waals surface area contributed by atoms with Crippen LogP contribution in [0.1, 0.15) is 26.2 Å². The van der Waals surface area contributed by atoms with E-state index in [2.05, 4.69) is 12.2 Å². The van der Waals surface area contributed by atoms with Gasteiger partial charge in [-0.05, 0) is 25.8 Å². The molecule has 0 spiro atoms. The van der Waals surface area contributed by atoms with E-state index < -0.39 is 0 Å². The van der Waals surface area contributed by atoms with Gasteiger partial charge in [0.1, 0.15) is 0 Å². The number of nitrogens with one attached hydrogen (secondary N) is 1. The first kappa shape index (κ1) is 10.4. The van der Waals surface area contributed by atoms with Crippen molar-refractivity contribution in [2.75, 3.05) is 18.8 Å². The smallest absolute Gasteiger partial charge is 0.0173 e. The number of rotatable bonds is 4. The fourth-order valence-electron chi connectivity index (χ4n) is 1.34. The van der Waals surface area contributed by atoms with Crippen molar-refractivity contribution < 1.29 is 0 Å².